The zero-order chi connectivity index (χ0) is 17.5. The van der Waals surface area contributed by atoms with E-state index in [1.54, 1.807) is 23.1 Å². The highest BCUT2D eigenvalue weighted by Gasteiger charge is 2.16. The van der Waals surface area contributed by atoms with Crippen LogP contribution >= 0.6 is 11.3 Å². The average molecular weight is 360 g/mol. The molecular formula is C19H12N4O2S. The highest BCUT2D eigenvalue weighted by Crippen LogP contribution is 2.31. The first-order valence-corrected chi connectivity index (χ1v) is 8.79. The van der Waals surface area contributed by atoms with Gasteiger partial charge in [0.25, 0.3) is 0 Å². The molecule has 26 heavy (non-hydrogen) atoms. The lowest BCUT2D eigenvalue weighted by Crippen LogP contribution is -2.21. The molecule has 0 spiro atoms. The van der Waals surface area contributed by atoms with E-state index in [1.165, 1.54) is 11.3 Å². The number of hydrogen-bond acceptors (Lipinski definition) is 5. The van der Waals surface area contributed by atoms with Gasteiger partial charge in [0.1, 0.15) is 6.33 Å². The van der Waals surface area contributed by atoms with Gasteiger partial charge in [-0.15, -0.1) is 11.3 Å². The third-order valence-corrected chi connectivity index (χ3v) is 5.06. The summed E-state index contributed by atoms with van der Waals surface area (Å²) < 4.78 is 8.38. The maximum Gasteiger partial charge on any atom is 0.305 e. The molecule has 0 atom stereocenters. The molecule has 0 unspecified atom stereocenters. The van der Waals surface area contributed by atoms with Crippen molar-refractivity contribution in [3.05, 3.63) is 72.8 Å². The number of para-hydroxylation sites is 3. The summed E-state index contributed by atoms with van der Waals surface area (Å²) in [5, 5.41) is 0.748. The van der Waals surface area contributed by atoms with E-state index >= 15 is 0 Å². The minimum Gasteiger partial charge on any atom is -0.448 e. The SMILES string of the molecule is O=C(Nn1cnc2ccccc21)c1ccc(-c2nc3ccccc3s2)o1. The number of rotatable bonds is 3. The summed E-state index contributed by atoms with van der Waals surface area (Å²) in [7, 11) is 0. The van der Waals surface area contributed by atoms with Crippen LogP contribution in [-0.4, -0.2) is 20.6 Å². The van der Waals surface area contributed by atoms with Crippen molar-refractivity contribution in [2.75, 3.05) is 5.43 Å². The Hall–Kier alpha value is -3.45. The number of hydrogen-bond donors (Lipinski definition) is 1. The number of amides is 1. The van der Waals surface area contributed by atoms with Gasteiger partial charge in [-0.05, 0) is 36.4 Å². The van der Waals surface area contributed by atoms with E-state index in [2.05, 4.69) is 15.4 Å². The van der Waals surface area contributed by atoms with Gasteiger partial charge in [0.05, 0.1) is 21.3 Å². The number of aromatic nitrogens is 3. The predicted octanol–water partition coefficient (Wildman–Crippen LogP) is 4.29. The van der Waals surface area contributed by atoms with E-state index in [-0.39, 0.29) is 11.7 Å². The summed E-state index contributed by atoms with van der Waals surface area (Å²) in [6.07, 6.45) is 1.57. The van der Waals surface area contributed by atoms with Crippen molar-refractivity contribution in [3.63, 3.8) is 0 Å². The first kappa shape index (κ1) is 14.9. The van der Waals surface area contributed by atoms with Crippen molar-refractivity contribution in [2.45, 2.75) is 0 Å². The molecule has 0 aliphatic rings. The monoisotopic (exact) mass is 360 g/mol. The standard InChI is InChI=1S/C19H12N4O2S/c24-18(22-23-11-20-12-5-1-3-7-14(12)23)15-9-10-16(25-15)19-21-13-6-2-4-8-17(13)26-19/h1-11H,(H,22,24). The Labute approximate surface area is 151 Å². The van der Waals surface area contributed by atoms with Crippen LogP contribution in [0, 0.1) is 0 Å². The third kappa shape index (κ3) is 2.46. The fourth-order valence-corrected chi connectivity index (χ4v) is 3.69. The molecule has 3 aromatic heterocycles. The van der Waals surface area contributed by atoms with Crippen LogP contribution in [0.5, 0.6) is 0 Å². The van der Waals surface area contributed by atoms with Crippen molar-refractivity contribution >= 4 is 38.5 Å². The van der Waals surface area contributed by atoms with Crippen molar-refractivity contribution in [1.29, 1.82) is 0 Å². The Balaban J connectivity index is 1.43. The van der Waals surface area contributed by atoms with Crippen LogP contribution < -0.4 is 5.43 Å². The van der Waals surface area contributed by atoms with E-state index in [9.17, 15) is 4.79 Å². The quantitative estimate of drug-likeness (QED) is 0.521. The number of furan rings is 1. The maximum atomic E-state index is 12.5. The van der Waals surface area contributed by atoms with Crippen molar-refractivity contribution in [2.24, 2.45) is 0 Å². The van der Waals surface area contributed by atoms with E-state index in [4.69, 9.17) is 4.42 Å². The summed E-state index contributed by atoms with van der Waals surface area (Å²) in [6, 6.07) is 18.9. The molecule has 0 aliphatic heterocycles. The zero-order valence-corrected chi connectivity index (χ0v) is 14.2. The Morgan fingerprint density at radius 2 is 1.81 bits per heavy atom. The van der Waals surface area contributed by atoms with E-state index in [0.29, 0.717) is 5.76 Å². The van der Waals surface area contributed by atoms with E-state index in [0.717, 1.165) is 26.3 Å². The van der Waals surface area contributed by atoms with Crippen molar-refractivity contribution in [3.8, 4) is 10.8 Å². The van der Waals surface area contributed by atoms with Crippen LogP contribution in [-0.2, 0) is 0 Å². The lowest BCUT2D eigenvalue weighted by molar-refractivity contribution is 0.0983. The smallest absolute Gasteiger partial charge is 0.305 e. The molecule has 5 aromatic rings. The minimum atomic E-state index is -0.347. The highest BCUT2D eigenvalue weighted by molar-refractivity contribution is 7.21. The molecule has 3 heterocycles. The average Bonchev–Trinajstić information content (AvgIpc) is 3.39. The Kier molecular flexibility index (Phi) is 3.32. The highest BCUT2D eigenvalue weighted by atomic mass is 32.1. The van der Waals surface area contributed by atoms with Gasteiger partial charge in [-0.2, -0.15) is 0 Å². The second kappa shape index (κ2) is 5.82. The largest absolute Gasteiger partial charge is 0.448 e. The number of carbonyl (C=O) groups excluding carboxylic acids is 1. The molecule has 0 aliphatic carbocycles. The fraction of sp³-hybridized carbons (Fsp3) is 0. The summed E-state index contributed by atoms with van der Waals surface area (Å²) in [5.74, 6) is 0.449. The van der Waals surface area contributed by atoms with Gasteiger partial charge in [0, 0.05) is 0 Å². The number of imidazole rings is 1. The number of benzene rings is 2. The number of fused-ring (bicyclic) bond motifs is 2. The molecule has 0 fully saturated rings. The molecule has 6 nitrogen and oxygen atoms in total. The molecule has 1 N–H and O–H groups in total. The van der Waals surface area contributed by atoms with Crippen molar-refractivity contribution in [1.82, 2.24) is 14.6 Å². The predicted molar refractivity (Wildman–Crippen MR) is 101 cm³/mol. The van der Waals surface area contributed by atoms with Crippen LogP contribution in [0.2, 0.25) is 0 Å². The first-order valence-electron chi connectivity index (χ1n) is 7.97. The van der Waals surface area contributed by atoms with Crippen LogP contribution in [0.4, 0.5) is 0 Å². The maximum absolute atomic E-state index is 12.5. The number of nitrogens with zero attached hydrogens (tertiary/aromatic N) is 3. The lowest BCUT2D eigenvalue weighted by Gasteiger charge is -2.04. The van der Waals surface area contributed by atoms with Gasteiger partial charge in [0.2, 0.25) is 0 Å². The van der Waals surface area contributed by atoms with Crippen LogP contribution in [0.3, 0.4) is 0 Å². The third-order valence-electron chi connectivity index (χ3n) is 4.01. The molecule has 126 valence electrons. The second-order valence-corrected chi connectivity index (χ2v) is 6.73. The van der Waals surface area contributed by atoms with E-state index < -0.39 is 0 Å². The van der Waals surface area contributed by atoms with Crippen LogP contribution in [0.25, 0.3) is 32.0 Å². The molecule has 5 rings (SSSR count). The van der Waals surface area contributed by atoms with Crippen LogP contribution in [0.1, 0.15) is 10.6 Å². The van der Waals surface area contributed by atoms with Gasteiger partial charge >= 0.3 is 5.91 Å². The summed E-state index contributed by atoms with van der Waals surface area (Å²) in [4.78, 5) is 21.3. The van der Waals surface area contributed by atoms with Crippen molar-refractivity contribution < 1.29 is 9.21 Å². The molecule has 1 amide bonds. The summed E-state index contributed by atoms with van der Waals surface area (Å²) in [5.41, 5.74) is 5.32. The second-order valence-electron chi connectivity index (χ2n) is 5.69. The molecular weight excluding hydrogens is 348 g/mol. The molecule has 0 bridgehead atoms. The van der Waals surface area contributed by atoms with Gasteiger partial charge in [0.15, 0.2) is 16.5 Å². The lowest BCUT2D eigenvalue weighted by atomic mass is 10.3. The molecule has 0 saturated heterocycles. The summed E-state index contributed by atoms with van der Waals surface area (Å²) >= 11 is 1.53. The Morgan fingerprint density at radius 1 is 1.00 bits per heavy atom. The van der Waals surface area contributed by atoms with Gasteiger partial charge in [-0.1, -0.05) is 24.3 Å². The van der Waals surface area contributed by atoms with Crippen LogP contribution in [0.15, 0.2) is 71.4 Å². The summed E-state index contributed by atoms with van der Waals surface area (Å²) in [6.45, 7) is 0. The molecule has 0 radical (unpaired) electrons. The van der Waals surface area contributed by atoms with Gasteiger partial charge < -0.3 is 4.42 Å². The minimum absolute atomic E-state index is 0.219. The molecule has 7 heteroatoms. The van der Waals surface area contributed by atoms with Gasteiger partial charge in [-0.3, -0.25) is 10.2 Å². The number of carbonyl (C=O) groups is 1. The molecule has 2 aromatic carbocycles. The first-order chi connectivity index (χ1) is 12.8. The number of nitrogens with one attached hydrogen (secondary N) is 1. The fourth-order valence-electron chi connectivity index (χ4n) is 2.77. The van der Waals surface area contributed by atoms with Gasteiger partial charge in [-0.25, -0.2) is 14.6 Å². The Bertz CT molecular complexity index is 1220. The van der Waals surface area contributed by atoms with E-state index in [1.807, 2.05) is 48.5 Å². The Morgan fingerprint density at radius 3 is 2.69 bits per heavy atom. The number of thiazole rings is 1. The normalized spacial score (nSPS) is 11.2. The molecule has 0 saturated carbocycles. The topological polar surface area (TPSA) is 73.0 Å². The zero-order valence-electron chi connectivity index (χ0n) is 13.4.